The van der Waals surface area contributed by atoms with Crippen LogP contribution >= 0.6 is 0 Å². The molecule has 0 N–H and O–H groups in total. The van der Waals surface area contributed by atoms with Gasteiger partial charge in [-0.2, -0.15) is 27.9 Å². The third kappa shape index (κ3) is 15.7. The van der Waals surface area contributed by atoms with Crippen LogP contribution in [0, 0.1) is 20.8 Å². The molecule has 0 aliphatic heterocycles. The average Bonchev–Trinajstić information content (AvgIpc) is 1.57. The lowest BCUT2D eigenvalue weighted by molar-refractivity contribution is -0.789. The lowest BCUT2D eigenvalue weighted by atomic mass is 9.92. The minimum atomic E-state index is 0.406. The fourth-order valence-corrected chi connectivity index (χ4v) is 16.9. The molecule has 5 aromatic carbocycles. The van der Waals surface area contributed by atoms with Crippen LogP contribution in [0.3, 0.4) is 0 Å². The molecule has 0 aliphatic rings. The second kappa shape index (κ2) is 34.1. The summed E-state index contributed by atoms with van der Waals surface area (Å²) in [5.41, 5.74) is 27.7. The van der Waals surface area contributed by atoms with Gasteiger partial charge in [0.15, 0.2) is 49.1 Å². The fraction of sp³-hybridized carbons (Fsp3) is 0.313. The first-order chi connectivity index (χ1) is 55.5. The SMILES string of the molecule is CC(C)c1cccc(C(C)C)c1-n1cc[n+](C)c1-c1cccc(-n2ccc[n+]2C)[n+]1C.Cc1cc(-c2cccc(-c3n(-c4c(C(C)C)cccc4C(C)C)cc[n+]3C)[n+]2C)n(C)n1.Cc1ccc2c(oc3ccccc32)c1-c1cccc(-c2cc[n+](C(C)C)n2C)[n+]1C.Cc1ccccc1-c1cccc(-c2cc[n+](C(C)C)n2C)[n+]1C. The number of furan rings is 1. The Labute approximate surface area is 686 Å². The maximum Gasteiger partial charge on any atom is 0.359 e. The largest absolute Gasteiger partial charge is 0.455 e. The Morgan fingerprint density at radius 3 is 1.28 bits per heavy atom. The monoisotopic (exact) mass is 1550 g/mol. The van der Waals surface area contributed by atoms with Crippen molar-refractivity contribution in [2.75, 3.05) is 0 Å². The lowest BCUT2D eigenvalue weighted by Crippen LogP contribution is -2.47. The highest BCUT2D eigenvalue weighted by Crippen LogP contribution is 2.39. The van der Waals surface area contributed by atoms with Gasteiger partial charge in [0.2, 0.25) is 40.4 Å². The number of aromatic nitrogens is 16. The number of fused-ring (bicyclic) bond motifs is 3. The Balaban J connectivity index is 0.000000135. The van der Waals surface area contributed by atoms with E-state index in [1.807, 2.05) is 30.8 Å². The van der Waals surface area contributed by atoms with E-state index in [1.54, 1.807) is 0 Å². The highest BCUT2D eigenvalue weighted by Gasteiger charge is 2.36. The van der Waals surface area contributed by atoms with Crippen LogP contribution in [0.4, 0.5) is 0 Å². The maximum atomic E-state index is 6.36. The van der Waals surface area contributed by atoms with E-state index in [9.17, 15) is 0 Å². The van der Waals surface area contributed by atoms with Crippen LogP contribution < -0.4 is 41.4 Å². The number of imidazole rings is 2. The smallest absolute Gasteiger partial charge is 0.359 e. The Morgan fingerprint density at radius 2 is 0.802 bits per heavy atom. The van der Waals surface area contributed by atoms with Crippen LogP contribution in [-0.4, -0.2) is 33.0 Å². The Kier molecular flexibility index (Phi) is 24.0. The summed E-state index contributed by atoms with van der Waals surface area (Å²) in [7, 11) is 21.1. The summed E-state index contributed by atoms with van der Waals surface area (Å²) in [5.74, 6) is 5.17. The minimum absolute atomic E-state index is 0.406. The molecule has 0 saturated carbocycles. The zero-order valence-corrected chi connectivity index (χ0v) is 73.1. The highest BCUT2D eigenvalue weighted by molar-refractivity contribution is 6.09. The molecule has 11 aromatic heterocycles. The second-order valence-corrected chi connectivity index (χ2v) is 32.9. The van der Waals surface area contributed by atoms with E-state index in [0.717, 1.165) is 79.1 Å². The number of hydrogen-bond acceptors (Lipinski definition) is 2. The zero-order chi connectivity index (χ0) is 83.0. The van der Waals surface area contributed by atoms with Crippen LogP contribution in [0.1, 0.15) is 158 Å². The van der Waals surface area contributed by atoms with Gasteiger partial charge in [-0.15, -0.1) is 18.7 Å². The fourth-order valence-electron chi connectivity index (χ4n) is 16.9. The van der Waals surface area contributed by atoms with Crippen LogP contribution in [-0.2, 0) is 70.5 Å². The Hall–Kier alpha value is -12.2. The van der Waals surface area contributed by atoms with Gasteiger partial charge in [-0.05, 0) is 136 Å². The molecule has 0 atom stereocenters. The minimum Gasteiger partial charge on any atom is -0.455 e. The molecule has 0 unspecified atom stereocenters. The van der Waals surface area contributed by atoms with Crippen molar-refractivity contribution in [1.29, 1.82) is 0 Å². The van der Waals surface area contributed by atoms with E-state index in [2.05, 4.69) is 462 Å². The van der Waals surface area contributed by atoms with E-state index < -0.39 is 0 Å². The molecule has 0 saturated heterocycles. The zero-order valence-electron chi connectivity index (χ0n) is 73.1. The van der Waals surface area contributed by atoms with E-state index in [-0.39, 0.29) is 0 Å². The first-order valence-electron chi connectivity index (χ1n) is 41.0. The molecular weight excluding hydrogens is 1430 g/mol. The molecule has 16 aromatic rings. The molecule has 17 nitrogen and oxygen atoms in total. The topological polar surface area (TPSA) is 90.5 Å². The van der Waals surface area contributed by atoms with Crippen LogP contribution in [0.5, 0.6) is 0 Å². The predicted molar refractivity (Wildman–Crippen MR) is 464 cm³/mol. The molecule has 0 bridgehead atoms. The number of nitrogens with zero attached hydrogens (tertiary/aromatic N) is 16. The Bertz CT molecular complexity index is 6190. The third-order valence-electron chi connectivity index (χ3n) is 23.1. The molecule has 16 rings (SSSR count). The number of aryl methyl sites for hydroxylation is 7. The quantitative estimate of drug-likeness (QED) is 0.0902. The molecular formula is C99H121N16O+9. The normalized spacial score (nSPS) is 11.6. The van der Waals surface area contributed by atoms with Crippen molar-refractivity contribution < 1.29 is 45.9 Å². The van der Waals surface area contributed by atoms with Gasteiger partial charge in [0.25, 0.3) is 5.69 Å². The van der Waals surface area contributed by atoms with Gasteiger partial charge in [0.1, 0.15) is 74.2 Å². The molecule has 11 heterocycles. The number of benzene rings is 5. The summed E-state index contributed by atoms with van der Waals surface area (Å²) < 4.78 is 39.8. The van der Waals surface area contributed by atoms with Crippen molar-refractivity contribution in [3.63, 3.8) is 0 Å². The summed E-state index contributed by atoms with van der Waals surface area (Å²) in [6.07, 6.45) is 17.1. The molecule has 0 aliphatic carbocycles. The summed E-state index contributed by atoms with van der Waals surface area (Å²) in [6, 6.07) is 70.1. The molecule has 594 valence electrons. The highest BCUT2D eigenvalue weighted by atomic mass is 16.3. The van der Waals surface area contributed by atoms with E-state index in [0.29, 0.717) is 35.8 Å². The summed E-state index contributed by atoms with van der Waals surface area (Å²) >= 11 is 0. The standard InChI is InChI=1S/C27H35N5.C26H34N5.C26H27N3O.C20H25N3/c1-18(2)21-11-9-12-22(19(3)4)26(21)32-16-15-29(6)27(32)24-14-10-13-23(30(24)7)25-17-20(5)28-31(25)8;1-19(2)21-11-8-12-22(20(3)4)25(21)30-18-17-27(5)26(30)23-13-9-14-24(29(23)7)31-16-10-15-28(31)6;1-17(2)29-16-15-22(28(29)5)21-10-8-11-23(27(21)4)25-18(3)13-14-20-19-9-6-7-12-24(19)30-26(20)25;1-15(2)23-14-13-20(22(23)5)19-12-8-11-18(21(19)4)17-10-7-6-9-16(17)3/h9-19H,1-8H3;8-20H,1-7H3;6-17H,1-5H3;6-15H,1-5H3/q+2;+3;2*+2. The molecule has 0 radical (unpaired) electrons. The lowest BCUT2D eigenvalue weighted by Gasteiger charge is -2.17. The number of rotatable bonds is 16. The van der Waals surface area contributed by atoms with E-state index in [1.165, 1.54) is 78.8 Å². The predicted octanol–water partition coefficient (Wildman–Crippen LogP) is 17.0. The van der Waals surface area contributed by atoms with Crippen molar-refractivity contribution >= 4 is 21.9 Å². The number of pyridine rings is 4. The molecule has 0 spiro atoms. The van der Waals surface area contributed by atoms with Crippen molar-refractivity contribution in [1.82, 2.24) is 33.0 Å². The van der Waals surface area contributed by atoms with Crippen molar-refractivity contribution in [3.05, 3.63) is 283 Å². The van der Waals surface area contributed by atoms with Crippen molar-refractivity contribution in [2.24, 2.45) is 70.5 Å². The van der Waals surface area contributed by atoms with Gasteiger partial charge in [0.05, 0.1) is 52.6 Å². The molecule has 0 fully saturated rings. The van der Waals surface area contributed by atoms with Gasteiger partial charge < -0.3 is 4.42 Å². The first kappa shape index (κ1) is 81.8. The van der Waals surface area contributed by atoms with Gasteiger partial charge >= 0.3 is 17.5 Å². The van der Waals surface area contributed by atoms with Crippen molar-refractivity contribution in [3.8, 4) is 96.9 Å². The average molecular weight is 1550 g/mol. The third-order valence-corrected chi connectivity index (χ3v) is 23.1. The van der Waals surface area contributed by atoms with Crippen LogP contribution in [0.2, 0.25) is 0 Å². The van der Waals surface area contributed by atoms with Gasteiger partial charge in [0, 0.05) is 105 Å². The Morgan fingerprint density at radius 1 is 0.362 bits per heavy atom. The number of para-hydroxylation sites is 3. The van der Waals surface area contributed by atoms with E-state index in [4.69, 9.17) is 4.42 Å². The van der Waals surface area contributed by atoms with Crippen LogP contribution in [0.15, 0.2) is 248 Å². The molecule has 0 amide bonds. The van der Waals surface area contributed by atoms with Crippen LogP contribution in [0.25, 0.3) is 119 Å². The molecule has 17 heteroatoms. The second-order valence-electron chi connectivity index (χ2n) is 32.9. The van der Waals surface area contributed by atoms with Gasteiger partial charge in [-0.3, -0.25) is 4.68 Å². The summed E-state index contributed by atoms with van der Waals surface area (Å²) in [5, 5.41) is 6.88. The van der Waals surface area contributed by atoms with Gasteiger partial charge in [-0.25, -0.2) is 13.7 Å². The number of hydrogen-bond donors (Lipinski definition) is 0. The molecule has 116 heavy (non-hydrogen) atoms. The summed E-state index contributed by atoms with van der Waals surface area (Å²) in [4.78, 5) is 0. The maximum absolute atomic E-state index is 6.36. The summed E-state index contributed by atoms with van der Waals surface area (Å²) in [6.45, 7) is 33.4. The first-order valence-corrected chi connectivity index (χ1v) is 41.0. The van der Waals surface area contributed by atoms with Gasteiger partial charge in [-0.1, -0.05) is 140 Å². The van der Waals surface area contributed by atoms with Crippen molar-refractivity contribution in [2.45, 2.75) is 140 Å². The van der Waals surface area contributed by atoms with E-state index >= 15 is 0 Å².